The summed E-state index contributed by atoms with van der Waals surface area (Å²) >= 11 is 0. The number of carboxylic acid groups (broad SMARTS) is 1. The summed E-state index contributed by atoms with van der Waals surface area (Å²) in [7, 11) is 0. The lowest BCUT2D eigenvalue weighted by Crippen LogP contribution is -2.14. The van der Waals surface area contributed by atoms with Gasteiger partial charge in [-0.25, -0.2) is 4.79 Å². The minimum atomic E-state index is -1.01. The number of hydrogen-bond acceptors (Lipinski definition) is 4. The zero-order valence-electron chi connectivity index (χ0n) is 15.8. The first-order valence-electron chi connectivity index (χ1n) is 8.67. The number of nitrogens with one attached hydrogen (secondary N) is 1. The lowest BCUT2D eigenvalue weighted by molar-refractivity contribution is -0.131. The molecule has 2 N–H and O–H groups in total. The second-order valence-electron chi connectivity index (χ2n) is 6.46. The Morgan fingerprint density at radius 2 is 1.75 bits per heavy atom. The zero-order valence-corrected chi connectivity index (χ0v) is 15.8. The first kappa shape index (κ1) is 19.0. The largest absolute Gasteiger partial charge is 0.478 e. The van der Waals surface area contributed by atoms with Gasteiger partial charge in [0.1, 0.15) is 0 Å². The van der Waals surface area contributed by atoms with E-state index < -0.39 is 5.97 Å². The number of nitrogens with zero attached hydrogens (tertiary/aromatic N) is 3. The van der Waals surface area contributed by atoms with E-state index in [0.717, 1.165) is 28.5 Å². The van der Waals surface area contributed by atoms with Crippen LogP contribution in [0.5, 0.6) is 0 Å². The van der Waals surface area contributed by atoms with Crippen LogP contribution in [0.2, 0.25) is 0 Å². The van der Waals surface area contributed by atoms with Gasteiger partial charge in [-0.15, -0.1) is 5.10 Å². The van der Waals surface area contributed by atoms with E-state index in [1.807, 2.05) is 32.0 Å². The van der Waals surface area contributed by atoms with Crippen LogP contribution in [0.15, 0.2) is 48.5 Å². The highest BCUT2D eigenvalue weighted by Gasteiger charge is 2.17. The predicted octanol–water partition coefficient (Wildman–Crippen LogP) is 3.54. The molecule has 2 aromatic carbocycles. The van der Waals surface area contributed by atoms with E-state index in [1.54, 1.807) is 31.2 Å². The summed E-state index contributed by atoms with van der Waals surface area (Å²) in [4.78, 5) is 24.6. The number of carbonyl (C=O) groups is 2. The van der Waals surface area contributed by atoms with Crippen LogP contribution < -0.4 is 5.32 Å². The van der Waals surface area contributed by atoms with Crippen molar-refractivity contribution < 1.29 is 14.7 Å². The van der Waals surface area contributed by atoms with Crippen LogP contribution in [0.4, 0.5) is 5.69 Å². The molecule has 0 aliphatic rings. The number of carboxylic acids is 1. The minimum absolute atomic E-state index is 0.245. The van der Waals surface area contributed by atoms with Crippen molar-refractivity contribution in [1.82, 2.24) is 15.0 Å². The summed E-state index contributed by atoms with van der Waals surface area (Å²) in [6.07, 6.45) is 2.54. The molecule has 1 heterocycles. The highest BCUT2D eigenvalue weighted by Crippen LogP contribution is 2.17. The molecule has 142 valence electrons. The molecular weight excluding hydrogens is 356 g/mol. The molecular formula is C21H20N4O3. The number of rotatable bonds is 5. The fourth-order valence-corrected chi connectivity index (χ4v) is 2.76. The fraction of sp³-hybridized carbons (Fsp3) is 0.143. The fourth-order valence-electron chi connectivity index (χ4n) is 2.76. The van der Waals surface area contributed by atoms with Crippen LogP contribution in [-0.2, 0) is 4.79 Å². The molecule has 0 aliphatic heterocycles. The van der Waals surface area contributed by atoms with Crippen molar-refractivity contribution in [2.75, 3.05) is 5.32 Å². The molecule has 7 nitrogen and oxygen atoms in total. The molecule has 0 unspecified atom stereocenters. The van der Waals surface area contributed by atoms with Gasteiger partial charge in [0.05, 0.1) is 11.4 Å². The van der Waals surface area contributed by atoms with Gasteiger partial charge >= 0.3 is 5.97 Å². The van der Waals surface area contributed by atoms with Crippen LogP contribution >= 0.6 is 0 Å². The summed E-state index contributed by atoms with van der Waals surface area (Å²) in [6, 6.07) is 12.8. The Morgan fingerprint density at radius 1 is 1.04 bits per heavy atom. The Labute approximate surface area is 162 Å². The molecule has 1 amide bonds. The maximum Gasteiger partial charge on any atom is 0.328 e. The lowest BCUT2D eigenvalue weighted by atomic mass is 10.1. The summed E-state index contributed by atoms with van der Waals surface area (Å²) < 4.78 is 0. The molecule has 7 heteroatoms. The molecule has 0 bridgehead atoms. The number of aromatic nitrogens is 3. The molecule has 1 aromatic heterocycles. The van der Waals surface area contributed by atoms with Crippen molar-refractivity contribution in [3.8, 4) is 5.69 Å². The molecule has 28 heavy (non-hydrogen) atoms. The second kappa shape index (κ2) is 7.87. The lowest BCUT2D eigenvalue weighted by Gasteiger charge is -2.05. The molecule has 0 spiro atoms. The number of benzene rings is 2. The SMILES string of the molecule is Cc1ccc(-n2nc(C)c(C(=O)Nc3ccc(C=CC(=O)O)cc3)n2)c(C)c1. The van der Waals surface area contributed by atoms with Gasteiger partial charge in [-0.3, -0.25) is 4.79 Å². The standard InChI is InChI=1S/C21H20N4O3/c1-13-4-10-18(14(2)12-13)25-23-15(3)20(24-25)21(28)22-17-8-5-16(6-9-17)7-11-19(26)27/h4-12H,1-3H3,(H,22,28)(H,26,27). The van der Waals surface area contributed by atoms with E-state index in [0.29, 0.717) is 11.4 Å². The van der Waals surface area contributed by atoms with Gasteiger partial charge in [0.2, 0.25) is 0 Å². The van der Waals surface area contributed by atoms with Gasteiger partial charge in [-0.05, 0) is 56.2 Å². The van der Waals surface area contributed by atoms with Gasteiger partial charge in [0.15, 0.2) is 5.69 Å². The van der Waals surface area contributed by atoms with E-state index in [9.17, 15) is 9.59 Å². The van der Waals surface area contributed by atoms with Crippen LogP contribution in [0.1, 0.15) is 32.9 Å². The maximum atomic E-state index is 12.6. The highest BCUT2D eigenvalue weighted by molar-refractivity contribution is 6.03. The van der Waals surface area contributed by atoms with Gasteiger partial charge < -0.3 is 10.4 Å². The number of aryl methyl sites for hydroxylation is 3. The average Bonchev–Trinajstić information content (AvgIpc) is 3.02. The third kappa shape index (κ3) is 4.32. The van der Waals surface area contributed by atoms with Crippen molar-refractivity contribution in [3.05, 3.63) is 76.6 Å². The molecule has 0 saturated heterocycles. The van der Waals surface area contributed by atoms with Crippen molar-refractivity contribution in [2.45, 2.75) is 20.8 Å². The summed E-state index contributed by atoms with van der Waals surface area (Å²) in [5, 5.41) is 20.2. The van der Waals surface area contributed by atoms with Crippen molar-refractivity contribution >= 4 is 23.6 Å². The number of anilines is 1. The van der Waals surface area contributed by atoms with Gasteiger partial charge in [0.25, 0.3) is 5.91 Å². The number of aliphatic carboxylic acids is 1. The smallest absolute Gasteiger partial charge is 0.328 e. The average molecular weight is 376 g/mol. The highest BCUT2D eigenvalue weighted by atomic mass is 16.4. The Balaban J connectivity index is 1.78. The third-order valence-corrected chi connectivity index (χ3v) is 4.15. The first-order valence-corrected chi connectivity index (χ1v) is 8.67. The third-order valence-electron chi connectivity index (χ3n) is 4.15. The van der Waals surface area contributed by atoms with E-state index in [1.165, 1.54) is 10.9 Å². The van der Waals surface area contributed by atoms with Crippen molar-refractivity contribution in [2.24, 2.45) is 0 Å². The van der Waals surface area contributed by atoms with Crippen LogP contribution in [0, 0.1) is 20.8 Å². The quantitative estimate of drug-likeness (QED) is 0.664. The van der Waals surface area contributed by atoms with E-state index >= 15 is 0 Å². The van der Waals surface area contributed by atoms with Crippen LogP contribution in [-0.4, -0.2) is 32.0 Å². The van der Waals surface area contributed by atoms with Crippen LogP contribution in [0.3, 0.4) is 0 Å². The summed E-state index contributed by atoms with van der Waals surface area (Å²) in [6.45, 7) is 5.73. The Kier molecular flexibility index (Phi) is 5.35. The number of hydrogen-bond donors (Lipinski definition) is 2. The van der Waals surface area contributed by atoms with E-state index in [-0.39, 0.29) is 11.6 Å². The van der Waals surface area contributed by atoms with Crippen molar-refractivity contribution in [1.29, 1.82) is 0 Å². The predicted molar refractivity (Wildman–Crippen MR) is 107 cm³/mol. The molecule has 0 atom stereocenters. The second-order valence-corrected chi connectivity index (χ2v) is 6.46. The maximum absolute atomic E-state index is 12.6. The van der Waals surface area contributed by atoms with Gasteiger partial charge in [0, 0.05) is 11.8 Å². The molecule has 0 radical (unpaired) electrons. The topological polar surface area (TPSA) is 97.1 Å². The van der Waals surface area contributed by atoms with Gasteiger partial charge in [-0.1, -0.05) is 29.8 Å². The first-order chi connectivity index (χ1) is 13.3. The molecule has 0 saturated carbocycles. The number of amides is 1. The normalized spacial score (nSPS) is 11.0. The molecule has 0 fully saturated rings. The minimum Gasteiger partial charge on any atom is -0.478 e. The number of carbonyl (C=O) groups excluding carboxylic acids is 1. The summed E-state index contributed by atoms with van der Waals surface area (Å²) in [5.74, 6) is -1.37. The summed E-state index contributed by atoms with van der Waals surface area (Å²) in [5.41, 5.74) is 5.06. The molecule has 3 rings (SSSR count). The Hall–Kier alpha value is -3.74. The zero-order chi connectivity index (χ0) is 20.3. The molecule has 3 aromatic rings. The van der Waals surface area contributed by atoms with E-state index in [4.69, 9.17) is 5.11 Å². The van der Waals surface area contributed by atoms with Gasteiger partial charge in [-0.2, -0.15) is 9.90 Å². The van der Waals surface area contributed by atoms with E-state index in [2.05, 4.69) is 15.5 Å². The monoisotopic (exact) mass is 376 g/mol. The molecule has 0 aliphatic carbocycles. The van der Waals surface area contributed by atoms with Crippen molar-refractivity contribution in [3.63, 3.8) is 0 Å². The Morgan fingerprint density at radius 3 is 2.39 bits per heavy atom. The Bertz CT molecular complexity index is 1070. The van der Waals surface area contributed by atoms with Crippen LogP contribution in [0.25, 0.3) is 11.8 Å².